The quantitative estimate of drug-likeness (QED) is 0.152. The summed E-state index contributed by atoms with van der Waals surface area (Å²) in [6, 6.07) is 87.5. The summed E-state index contributed by atoms with van der Waals surface area (Å²) in [6.45, 7) is 0. The van der Waals surface area contributed by atoms with Crippen molar-refractivity contribution in [3.63, 3.8) is 0 Å². The summed E-state index contributed by atoms with van der Waals surface area (Å²) in [4.78, 5) is 15.2. The molecule has 4 heteroatoms. The van der Waals surface area contributed by atoms with Crippen LogP contribution in [0, 0.1) is 11.3 Å². The zero-order valence-electron chi connectivity index (χ0n) is 37.9. The van der Waals surface area contributed by atoms with Gasteiger partial charge in [-0.1, -0.05) is 218 Å². The van der Waals surface area contributed by atoms with Gasteiger partial charge in [0.2, 0.25) is 0 Å². The van der Waals surface area contributed by atoms with E-state index in [-0.39, 0.29) is 0 Å². The maximum atomic E-state index is 10.8. The molecule has 11 aromatic carbocycles. The number of nitriles is 1. The van der Waals surface area contributed by atoms with E-state index in [0.29, 0.717) is 23.0 Å². The second kappa shape index (κ2) is 16.9. The van der Waals surface area contributed by atoms with Gasteiger partial charge in [-0.25, -0.2) is 15.0 Å². The minimum atomic E-state index is 0.552. The van der Waals surface area contributed by atoms with Gasteiger partial charge in [-0.15, -0.1) is 0 Å². The van der Waals surface area contributed by atoms with Crippen LogP contribution in [0.25, 0.3) is 134 Å². The van der Waals surface area contributed by atoms with E-state index in [1.54, 1.807) is 0 Å². The maximum absolute atomic E-state index is 10.8. The van der Waals surface area contributed by atoms with Crippen molar-refractivity contribution in [1.82, 2.24) is 15.0 Å². The van der Waals surface area contributed by atoms with Gasteiger partial charge >= 0.3 is 0 Å². The lowest BCUT2D eigenvalue weighted by molar-refractivity contribution is 1.07. The zero-order chi connectivity index (χ0) is 46.5. The first-order valence-corrected chi connectivity index (χ1v) is 23.5. The Bertz CT molecular complexity index is 4050. The van der Waals surface area contributed by atoms with Gasteiger partial charge in [0.15, 0.2) is 17.5 Å². The smallest absolute Gasteiger partial charge is 0.164 e. The number of benzene rings is 11. The van der Waals surface area contributed by atoms with Gasteiger partial charge in [0, 0.05) is 27.8 Å². The molecule has 0 N–H and O–H groups in total. The van der Waals surface area contributed by atoms with E-state index in [4.69, 9.17) is 15.0 Å². The van der Waals surface area contributed by atoms with Gasteiger partial charge in [0.05, 0.1) is 5.56 Å². The number of fused-ring (bicyclic) bond motifs is 4. The number of rotatable bonds is 8. The summed E-state index contributed by atoms with van der Waals surface area (Å²) in [6.07, 6.45) is 0. The number of hydrogen-bond acceptors (Lipinski definition) is 4. The molecule has 0 saturated heterocycles. The molecule has 0 bridgehead atoms. The van der Waals surface area contributed by atoms with Crippen molar-refractivity contribution in [2.45, 2.75) is 0 Å². The molecule has 0 radical (unpaired) electrons. The molecular weight excluding hydrogens is 849 g/mol. The van der Waals surface area contributed by atoms with E-state index in [9.17, 15) is 5.26 Å². The highest BCUT2D eigenvalue weighted by Gasteiger charge is 2.22. The van der Waals surface area contributed by atoms with Crippen molar-refractivity contribution in [1.29, 1.82) is 5.26 Å². The fourth-order valence-electron chi connectivity index (χ4n) is 10.2. The Morgan fingerprint density at radius 2 is 0.671 bits per heavy atom. The van der Waals surface area contributed by atoms with Crippen LogP contribution in [0.15, 0.2) is 243 Å². The summed E-state index contributed by atoms with van der Waals surface area (Å²) in [5, 5.41) is 15.8. The Morgan fingerprint density at radius 1 is 0.243 bits per heavy atom. The van der Waals surface area contributed by atoms with Gasteiger partial charge in [0.25, 0.3) is 0 Å². The molecule has 0 unspecified atom stereocenters. The maximum Gasteiger partial charge on any atom is 0.164 e. The number of hydrogen-bond donors (Lipinski definition) is 0. The summed E-state index contributed by atoms with van der Waals surface area (Å²) in [5.41, 5.74) is 18.9. The minimum Gasteiger partial charge on any atom is -0.208 e. The molecule has 1 aliphatic rings. The fraction of sp³-hybridized carbons (Fsp3) is 0. The van der Waals surface area contributed by atoms with Gasteiger partial charge in [-0.05, 0) is 113 Å². The predicted octanol–water partition coefficient (Wildman–Crippen LogP) is 17.0. The van der Waals surface area contributed by atoms with Crippen LogP contribution < -0.4 is 0 Å². The highest BCUT2D eigenvalue weighted by molar-refractivity contribution is 6.15. The lowest BCUT2D eigenvalue weighted by atomic mass is 9.91. The van der Waals surface area contributed by atoms with E-state index < -0.39 is 0 Å². The predicted molar refractivity (Wildman–Crippen MR) is 287 cm³/mol. The Balaban J connectivity index is 0.797. The van der Waals surface area contributed by atoms with Crippen molar-refractivity contribution in [3.05, 3.63) is 248 Å². The van der Waals surface area contributed by atoms with Crippen molar-refractivity contribution >= 4 is 21.5 Å². The highest BCUT2D eigenvalue weighted by atomic mass is 15.0. The molecule has 4 nitrogen and oxygen atoms in total. The highest BCUT2D eigenvalue weighted by Crippen LogP contribution is 2.48. The van der Waals surface area contributed by atoms with Gasteiger partial charge in [-0.3, -0.25) is 0 Å². The second-order valence-corrected chi connectivity index (χ2v) is 17.9. The Morgan fingerprint density at radius 3 is 1.36 bits per heavy atom. The third-order valence-corrected chi connectivity index (χ3v) is 13.7. The first-order valence-electron chi connectivity index (χ1n) is 23.5. The zero-order valence-corrected chi connectivity index (χ0v) is 37.9. The molecule has 1 heterocycles. The van der Waals surface area contributed by atoms with Crippen LogP contribution in [0.1, 0.15) is 5.56 Å². The lowest BCUT2D eigenvalue weighted by Crippen LogP contribution is -2.00. The molecule has 0 saturated carbocycles. The molecule has 0 spiro atoms. The van der Waals surface area contributed by atoms with Crippen LogP contribution in [-0.4, -0.2) is 15.0 Å². The van der Waals surface area contributed by atoms with E-state index in [1.165, 1.54) is 54.9 Å². The third kappa shape index (κ3) is 7.22. The molecule has 0 fully saturated rings. The standard InChI is InChI=1S/C66H40N4/c67-41-62-56(46-32-29-44(30-33-46)43-25-27-45(28-26-43)52-35-36-58-59-23-8-15-47-16-9-24-60(63(47)59)61(58)40-52)21-10-22-57(62)53-18-7-20-55(39-53)66-69-64(48-12-2-1-3-13-48)68-65(70-66)54-19-6-17-50(38-54)51-34-31-42-11-4-5-14-49(42)37-51/h1-40H. The van der Waals surface area contributed by atoms with E-state index in [0.717, 1.165) is 61.2 Å². The topological polar surface area (TPSA) is 62.5 Å². The molecule has 0 atom stereocenters. The van der Waals surface area contributed by atoms with Crippen molar-refractivity contribution in [2.75, 3.05) is 0 Å². The van der Waals surface area contributed by atoms with Crippen LogP contribution in [0.2, 0.25) is 0 Å². The summed E-state index contributed by atoms with van der Waals surface area (Å²) >= 11 is 0. The second-order valence-electron chi connectivity index (χ2n) is 17.9. The molecule has 0 aliphatic heterocycles. The Kier molecular flexibility index (Phi) is 9.85. The average Bonchev–Trinajstić information content (AvgIpc) is 3.76. The minimum absolute atomic E-state index is 0.552. The van der Waals surface area contributed by atoms with E-state index >= 15 is 0 Å². The van der Waals surface area contributed by atoms with Crippen LogP contribution >= 0.6 is 0 Å². The molecule has 1 aliphatic carbocycles. The largest absolute Gasteiger partial charge is 0.208 e. The third-order valence-electron chi connectivity index (χ3n) is 13.7. The molecular formula is C66H40N4. The molecule has 13 rings (SSSR count). The van der Waals surface area contributed by atoms with Gasteiger partial charge < -0.3 is 0 Å². The van der Waals surface area contributed by atoms with Gasteiger partial charge in [-0.2, -0.15) is 5.26 Å². The van der Waals surface area contributed by atoms with E-state index in [1.807, 2.05) is 66.7 Å². The van der Waals surface area contributed by atoms with Crippen molar-refractivity contribution in [2.24, 2.45) is 0 Å². The molecule has 0 amide bonds. The lowest BCUT2D eigenvalue weighted by Gasteiger charge is -2.13. The molecule has 12 aromatic rings. The van der Waals surface area contributed by atoms with Crippen molar-refractivity contribution in [3.8, 4) is 118 Å². The van der Waals surface area contributed by atoms with Gasteiger partial charge in [0.1, 0.15) is 6.07 Å². The molecule has 1 aromatic heterocycles. The summed E-state index contributed by atoms with van der Waals surface area (Å²) in [5.74, 6) is 1.72. The first-order chi connectivity index (χ1) is 34.6. The monoisotopic (exact) mass is 888 g/mol. The summed E-state index contributed by atoms with van der Waals surface area (Å²) in [7, 11) is 0. The Hall–Kier alpha value is -9.56. The van der Waals surface area contributed by atoms with Crippen LogP contribution in [0.4, 0.5) is 0 Å². The van der Waals surface area contributed by atoms with Crippen LogP contribution in [0.5, 0.6) is 0 Å². The summed E-state index contributed by atoms with van der Waals surface area (Å²) < 4.78 is 0. The van der Waals surface area contributed by atoms with Crippen LogP contribution in [0.3, 0.4) is 0 Å². The number of aromatic nitrogens is 3. The average molecular weight is 889 g/mol. The van der Waals surface area contributed by atoms with E-state index in [2.05, 4.69) is 182 Å². The Labute approximate surface area is 406 Å². The molecule has 70 heavy (non-hydrogen) atoms. The first kappa shape index (κ1) is 40.7. The molecule has 324 valence electrons. The SMILES string of the molecule is N#Cc1c(-c2ccc(-c3ccc(-c4ccc5c(c4)-c4cccc6cccc-5c46)cc3)cc2)cccc1-c1cccc(-c2nc(-c3ccccc3)nc(-c3cccc(-c4ccc5ccccc5c4)c3)n2)c1. The number of nitrogens with zero attached hydrogens (tertiary/aromatic N) is 4. The van der Waals surface area contributed by atoms with Crippen molar-refractivity contribution < 1.29 is 0 Å². The fourth-order valence-corrected chi connectivity index (χ4v) is 10.2. The normalized spacial score (nSPS) is 11.4. The van der Waals surface area contributed by atoms with Crippen LogP contribution in [-0.2, 0) is 0 Å².